The third kappa shape index (κ3) is 4.71. The van der Waals surface area contributed by atoms with E-state index >= 15 is 0 Å². The molecule has 124 valence electrons. The minimum Gasteiger partial charge on any atom is -0.494 e. The summed E-state index contributed by atoms with van der Waals surface area (Å²) in [6.45, 7) is 6.25. The van der Waals surface area contributed by atoms with Crippen molar-refractivity contribution in [2.45, 2.75) is 26.4 Å². The van der Waals surface area contributed by atoms with Crippen LogP contribution < -0.4 is 15.4 Å². The zero-order valence-corrected chi connectivity index (χ0v) is 14.4. The number of hydrogen-bond donors (Lipinski definition) is 3. The van der Waals surface area contributed by atoms with Crippen LogP contribution in [-0.4, -0.2) is 24.3 Å². The van der Waals surface area contributed by atoms with E-state index in [0.29, 0.717) is 12.3 Å². The summed E-state index contributed by atoms with van der Waals surface area (Å²) in [4.78, 5) is 12.8. The first kappa shape index (κ1) is 17.3. The number of aryl methyl sites for hydroxylation is 1. The van der Waals surface area contributed by atoms with Crippen molar-refractivity contribution in [2.24, 2.45) is 0 Å². The molecule has 0 bridgehead atoms. The molecule has 1 aromatic carbocycles. The van der Waals surface area contributed by atoms with Crippen LogP contribution in [0.2, 0.25) is 0 Å². The largest absolute Gasteiger partial charge is 0.494 e. The van der Waals surface area contributed by atoms with Crippen molar-refractivity contribution < 1.29 is 14.6 Å². The Kier molecular flexibility index (Phi) is 5.63. The predicted molar refractivity (Wildman–Crippen MR) is 93.3 cm³/mol. The number of thiophene rings is 1. The van der Waals surface area contributed by atoms with Crippen molar-refractivity contribution in [1.82, 2.24) is 5.32 Å². The Hall–Kier alpha value is -2.05. The van der Waals surface area contributed by atoms with Crippen molar-refractivity contribution in [2.75, 3.05) is 18.5 Å². The Morgan fingerprint density at radius 1 is 1.39 bits per heavy atom. The molecule has 1 atom stereocenters. The number of carbonyl (C=O) groups is 1. The van der Waals surface area contributed by atoms with Crippen LogP contribution in [0.1, 0.15) is 24.3 Å². The average Bonchev–Trinajstić information content (AvgIpc) is 3.04. The lowest BCUT2D eigenvalue weighted by Crippen LogP contribution is -2.40. The maximum Gasteiger partial charge on any atom is 0.319 e. The SMILES string of the molecule is CCOc1ccc(NC(=O)NCC(C)(O)c2cccs2)c(C)c1. The van der Waals surface area contributed by atoms with Gasteiger partial charge in [0.15, 0.2) is 0 Å². The molecule has 2 rings (SSSR count). The van der Waals surface area contributed by atoms with Crippen molar-refractivity contribution in [3.8, 4) is 5.75 Å². The monoisotopic (exact) mass is 334 g/mol. The van der Waals surface area contributed by atoms with Gasteiger partial charge in [0, 0.05) is 10.6 Å². The van der Waals surface area contributed by atoms with Crippen LogP contribution in [0.3, 0.4) is 0 Å². The lowest BCUT2D eigenvalue weighted by molar-refractivity contribution is 0.0637. The van der Waals surface area contributed by atoms with E-state index in [1.165, 1.54) is 11.3 Å². The Balaban J connectivity index is 1.92. The molecule has 0 spiro atoms. The van der Waals surface area contributed by atoms with Crippen molar-refractivity contribution in [1.29, 1.82) is 0 Å². The number of ether oxygens (including phenoxy) is 1. The van der Waals surface area contributed by atoms with Crippen molar-refractivity contribution >= 4 is 23.1 Å². The fraction of sp³-hybridized carbons (Fsp3) is 0.353. The fourth-order valence-corrected chi connectivity index (χ4v) is 2.91. The molecule has 23 heavy (non-hydrogen) atoms. The van der Waals surface area contributed by atoms with Gasteiger partial charge in [0.1, 0.15) is 11.4 Å². The number of amides is 2. The van der Waals surface area contributed by atoms with Gasteiger partial charge >= 0.3 is 6.03 Å². The molecule has 2 aromatic rings. The van der Waals surface area contributed by atoms with Crippen molar-refractivity contribution in [3.63, 3.8) is 0 Å². The van der Waals surface area contributed by atoms with Gasteiger partial charge in [0.05, 0.1) is 13.2 Å². The standard InChI is InChI=1S/C17H22N2O3S/c1-4-22-13-7-8-14(12(2)10-13)19-16(20)18-11-17(3,21)15-6-5-9-23-15/h5-10,21H,4,11H2,1-3H3,(H2,18,19,20). The molecule has 2 amide bonds. The van der Waals surface area contributed by atoms with E-state index in [1.807, 2.05) is 43.5 Å². The predicted octanol–water partition coefficient (Wildman–Crippen LogP) is 3.48. The minimum atomic E-state index is -1.08. The summed E-state index contributed by atoms with van der Waals surface area (Å²) in [5.74, 6) is 0.775. The highest BCUT2D eigenvalue weighted by Crippen LogP contribution is 2.24. The third-order valence-electron chi connectivity index (χ3n) is 3.40. The van der Waals surface area contributed by atoms with Gasteiger partial charge < -0.3 is 20.5 Å². The second kappa shape index (κ2) is 7.48. The quantitative estimate of drug-likeness (QED) is 0.757. The molecule has 0 saturated heterocycles. The Morgan fingerprint density at radius 3 is 2.78 bits per heavy atom. The average molecular weight is 334 g/mol. The third-order valence-corrected chi connectivity index (χ3v) is 4.53. The van der Waals surface area contributed by atoms with E-state index in [2.05, 4.69) is 10.6 Å². The maximum absolute atomic E-state index is 12.0. The molecular formula is C17H22N2O3S. The molecule has 0 radical (unpaired) electrons. The minimum absolute atomic E-state index is 0.134. The molecule has 1 aromatic heterocycles. The summed E-state index contributed by atoms with van der Waals surface area (Å²) in [5.41, 5.74) is 0.539. The van der Waals surface area contributed by atoms with E-state index in [9.17, 15) is 9.90 Å². The summed E-state index contributed by atoms with van der Waals surface area (Å²) in [7, 11) is 0. The normalized spacial score (nSPS) is 13.2. The zero-order valence-electron chi connectivity index (χ0n) is 13.6. The van der Waals surface area contributed by atoms with Crippen LogP contribution in [0.4, 0.5) is 10.5 Å². The van der Waals surface area contributed by atoms with E-state index in [4.69, 9.17) is 4.74 Å². The Labute approximate surface area is 140 Å². The second-order valence-electron chi connectivity index (χ2n) is 5.47. The molecule has 0 aliphatic heterocycles. The first-order chi connectivity index (χ1) is 10.9. The molecule has 5 nitrogen and oxygen atoms in total. The molecular weight excluding hydrogens is 312 g/mol. The topological polar surface area (TPSA) is 70.6 Å². The summed E-state index contributed by atoms with van der Waals surface area (Å²) in [6.07, 6.45) is 0. The first-order valence-electron chi connectivity index (χ1n) is 7.47. The van der Waals surface area contributed by atoms with Crippen LogP contribution in [0.25, 0.3) is 0 Å². The number of benzene rings is 1. The number of rotatable bonds is 6. The lowest BCUT2D eigenvalue weighted by atomic mass is 10.1. The van der Waals surface area contributed by atoms with Crippen LogP contribution in [0.15, 0.2) is 35.7 Å². The number of urea groups is 1. The summed E-state index contributed by atoms with van der Waals surface area (Å²) >= 11 is 1.46. The van der Waals surface area contributed by atoms with E-state index in [0.717, 1.165) is 16.2 Å². The van der Waals surface area contributed by atoms with E-state index in [-0.39, 0.29) is 12.6 Å². The fourth-order valence-electron chi connectivity index (χ4n) is 2.12. The number of nitrogens with one attached hydrogen (secondary N) is 2. The maximum atomic E-state index is 12.0. The second-order valence-corrected chi connectivity index (χ2v) is 6.42. The summed E-state index contributed by atoms with van der Waals surface area (Å²) in [5, 5.41) is 17.8. The van der Waals surface area contributed by atoms with Crippen LogP contribution >= 0.6 is 11.3 Å². The van der Waals surface area contributed by atoms with Crippen LogP contribution in [0, 0.1) is 6.92 Å². The van der Waals surface area contributed by atoms with Gasteiger partial charge in [-0.05, 0) is 56.0 Å². The number of carbonyl (C=O) groups excluding carboxylic acids is 1. The summed E-state index contributed by atoms with van der Waals surface area (Å²) in [6, 6.07) is 8.86. The lowest BCUT2D eigenvalue weighted by Gasteiger charge is -2.22. The Bertz CT molecular complexity index is 654. The molecule has 3 N–H and O–H groups in total. The highest BCUT2D eigenvalue weighted by Gasteiger charge is 2.24. The highest BCUT2D eigenvalue weighted by molar-refractivity contribution is 7.10. The van der Waals surface area contributed by atoms with Gasteiger partial charge in [-0.2, -0.15) is 0 Å². The van der Waals surface area contributed by atoms with Gasteiger partial charge in [-0.25, -0.2) is 4.79 Å². The van der Waals surface area contributed by atoms with Crippen molar-refractivity contribution in [3.05, 3.63) is 46.2 Å². The number of hydrogen-bond acceptors (Lipinski definition) is 4. The van der Waals surface area contributed by atoms with Crippen LogP contribution in [0.5, 0.6) is 5.75 Å². The molecule has 0 saturated carbocycles. The summed E-state index contributed by atoms with van der Waals surface area (Å²) < 4.78 is 5.42. The smallest absolute Gasteiger partial charge is 0.319 e. The molecule has 0 aliphatic rings. The van der Waals surface area contributed by atoms with Gasteiger partial charge in [-0.1, -0.05) is 6.07 Å². The van der Waals surface area contributed by atoms with Gasteiger partial charge in [-0.15, -0.1) is 11.3 Å². The van der Waals surface area contributed by atoms with E-state index < -0.39 is 5.60 Å². The number of anilines is 1. The van der Waals surface area contributed by atoms with Gasteiger partial charge in [-0.3, -0.25) is 0 Å². The van der Waals surface area contributed by atoms with Crippen LogP contribution in [-0.2, 0) is 5.60 Å². The molecule has 1 heterocycles. The zero-order chi connectivity index (χ0) is 16.9. The van der Waals surface area contributed by atoms with E-state index in [1.54, 1.807) is 13.0 Å². The molecule has 0 fully saturated rings. The Morgan fingerprint density at radius 2 is 2.17 bits per heavy atom. The van der Waals surface area contributed by atoms with Gasteiger partial charge in [0.25, 0.3) is 0 Å². The van der Waals surface area contributed by atoms with Gasteiger partial charge in [0.2, 0.25) is 0 Å². The molecule has 0 aliphatic carbocycles. The first-order valence-corrected chi connectivity index (χ1v) is 8.35. The molecule has 6 heteroatoms. The highest BCUT2D eigenvalue weighted by atomic mass is 32.1. The number of aliphatic hydroxyl groups is 1. The molecule has 1 unspecified atom stereocenters.